The lowest BCUT2D eigenvalue weighted by Gasteiger charge is -2.23. The molecular formula is C12H22N4O3S. The molecule has 20 heavy (non-hydrogen) atoms. The second kappa shape index (κ2) is 6.66. The number of sulfonamides is 1. The van der Waals surface area contributed by atoms with Crippen LogP contribution in [0.2, 0.25) is 0 Å². The van der Waals surface area contributed by atoms with Crippen LogP contribution in [0.15, 0.2) is 17.3 Å². The molecule has 114 valence electrons. The average molecular weight is 302 g/mol. The fraction of sp³-hybridized carbons (Fsp3) is 0.750. The zero-order chi connectivity index (χ0) is 14.6. The van der Waals surface area contributed by atoms with Crippen molar-refractivity contribution < 1.29 is 13.5 Å². The molecule has 1 unspecified atom stereocenters. The maximum absolute atomic E-state index is 12.1. The first-order valence-corrected chi connectivity index (χ1v) is 8.38. The number of hydrogen-bond acceptors (Lipinski definition) is 5. The van der Waals surface area contributed by atoms with Gasteiger partial charge in [0.1, 0.15) is 4.90 Å². The molecule has 1 fully saturated rings. The number of nitrogens with zero attached hydrogens (tertiary/aromatic N) is 3. The van der Waals surface area contributed by atoms with Crippen molar-refractivity contribution in [1.82, 2.24) is 19.4 Å². The van der Waals surface area contributed by atoms with E-state index in [4.69, 9.17) is 5.11 Å². The molecule has 0 aliphatic carbocycles. The molecule has 0 spiro atoms. The maximum atomic E-state index is 12.1. The van der Waals surface area contributed by atoms with Crippen LogP contribution in [0.1, 0.15) is 19.8 Å². The summed E-state index contributed by atoms with van der Waals surface area (Å²) in [5, 5.41) is 12.7. The lowest BCUT2D eigenvalue weighted by molar-refractivity contribution is 0.260. The van der Waals surface area contributed by atoms with E-state index in [0.29, 0.717) is 13.1 Å². The van der Waals surface area contributed by atoms with Crippen LogP contribution in [-0.2, 0) is 16.6 Å². The standard InChI is InChI=1S/C12H22N4O3S/c1-11(15-4-2-3-5-15)8-14-20(18,19)12-9-13-16(10-12)6-7-17/h9-11,14,17H,2-8H2,1H3. The highest BCUT2D eigenvalue weighted by atomic mass is 32.2. The van der Waals surface area contributed by atoms with Gasteiger partial charge in [0.25, 0.3) is 0 Å². The first-order chi connectivity index (χ1) is 9.53. The van der Waals surface area contributed by atoms with Gasteiger partial charge in [-0.05, 0) is 32.9 Å². The molecule has 2 rings (SSSR count). The van der Waals surface area contributed by atoms with Gasteiger partial charge in [-0.1, -0.05) is 0 Å². The summed E-state index contributed by atoms with van der Waals surface area (Å²) in [6.45, 7) is 4.73. The summed E-state index contributed by atoms with van der Waals surface area (Å²) in [6, 6.07) is 0.194. The van der Waals surface area contributed by atoms with E-state index >= 15 is 0 Å². The van der Waals surface area contributed by atoms with Gasteiger partial charge in [0.05, 0.1) is 19.3 Å². The summed E-state index contributed by atoms with van der Waals surface area (Å²) in [4.78, 5) is 2.43. The molecule has 1 atom stereocenters. The van der Waals surface area contributed by atoms with Crippen molar-refractivity contribution in [2.24, 2.45) is 0 Å². The largest absolute Gasteiger partial charge is 0.394 e. The number of likely N-dealkylation sites (tertiary alicyclic amines) is 1. The zero-order valence-corrected chi connectivity index (χ0v) is 12.5. The Morgan fingerprint density at radius 1 is 1.45 bits per heavy atom. The van der Waals surface area contributed by atoms with Gasteiger partial charge in [0.2, 0.25) is 10.0 Å². The van der Waals surface area contributed by atoms with Gasteiger partial charge in [0.15, 0.2) is 0 Å². The van der Waals surface area contributed by atoms with Crippen LogP contribution in [0.4, 0.5) is 0 Å². The fourth-order valence-corrected chi connectivity index (χ4v) is 3.41. The smallest absolute Gasteiger partial charge is 0.243 e. The Hall–Kier alpha value is -0.960. The minimum Gasteiger partial charge on any atom is -0.394 e. The number of nitrogens with one attached hydrogen (secondary N) is 1. The minimum absolute atomic E-state index is 0.0689. The average Bonchev–Trinajstić information content (AvgIpc) is 3.07. The van der Waals surface area contributed by atoms with Gasteiger partial charge in [-0.15, -0.1) is 0 Å². The molecule has 1 aromatic rings. The summed E-state index contributed by atoms with van der Waals surface area (Å²) >= 11 is 0. The normalized spacial score (nSPS) is 18.5. The van der Waals surface area contributed by atoms with Crippen LogP contribution in [0, 0.1) is 0 Å². The number of aliphatic hydroxyl groups excluding tert-OH is 1. The van der Waals surface area contributed by atoms with Crippen molar-refractivity contribution in [2.45, 2.75) is 37.2 Å². The molecule has 0 amide bonds. The molecule has 1 aliphatic rings. The Labute approximate surface area is 119 Å². The number of aliphatic hydroxyl groups is 1. The van der Waals surface area contributed by atoms with Crippen LogP contribution in [0.3, 0.4) is 0 Å². The van der Waals surface area contributed by atoms with Crippen molar-refractivity contribution in [3.63, 3.8) is 0 Å². The predicted octanol–water partition coefficient (Wildman–Crippen LogP) is -0.362. The second-order valence-corrected chi connectivity index (χ2v) is 6.87. The molecule has 2 N–H and O–H groups in total. The van der Waals surface area contributed by atoms with Gasteiger partial charge in [-0.3, -0.25) is 9.58 Å². The van der Waals surface area contributed by atoms with Crippen LogP contribution in [0.5, 0.6) is 0 Å². The van der Waals surface area contributed by atoms with E-state index in [2.05, 4.69) is 14.7 Å². The van der Waals surface area contributed by atoms with E-state index in [0.717, 1.165) is 13.1 Å². The van der Waals surface area contributed by atoms with Crippen LogP contribution >= 0.6 is 0 Å². The predicted molar refractivity (Wildman–Crippen MR) is 74.8 cm³/mol. The Kier molecular flexibility index (Phi) is 5.14. The summed E-state index contributed by atoms with van der Waals surface area (Å²) in [6.07, 6.45) is 5.10. The molecule has 0 bridgehead atoms. The van der Waals surface area contributed by atoms with Gasteiger partial charge in [-0.2, -0.15) is 5.10 Å². The maximum Gasteiger partial charge on any atom is 0.243 e. The zero-order valence-electron chi connectivity index (χ0n) is 11.7. The second-order valence-electron chi connectivity index (χ2n) is 5.11. The Morgan fingerprint density at radius 3 is 2.80 bits per heavy atom. The van der Waals surface area contributed by atoms with Gasteiger partial charge in [-0.25, -0.2) is 13.1 Å². The summed E-state index contributed by atoms with van der Waals surface area (Å²) in [7, 11) is -3.52. The van der Waals surface area contributed by atoms with Gasteiger partial charge in [0, 0.05) is 18.8 Å². The SMILES string of the molecule is CC(CNS(=O)(=O)c1cnn(CCO)c1)N1CCCC1. The Bertz CT molecular complexity index is 523. The van der Waals surface area contributed by atoms with Crippen LogP contribution < -0.4 is 4.72 Å². The molecule has 1 aromatic heterocycles. The van der Waals surface area contributed by atoms with Crippen molar-refractivity contribution in [3.8, 4) is 0 Å². The summed E-state index contributed by atoms with van der Waals surface area (Å²) in [5.41, 5.74) is 0. The highest BCUT2D eigenvalue weighted by Crippen LogP contribution is 2.12. The number of rotatable bonds is 7. The molecule has 7 nitrogen and oxygen atoms in total. The molecule has 1 saturated heterocycles. The summed E-state index contributed by atoms with van der Waals surface area (Å²) < 4.78 is 28.3. The Morgan fingerprint density at radius 2 is 2.15 bits per heavy atom. The topological polar surface area (TPSA) is 87.5 Å². The molecule has 2 heterocycles. The minimum atomic E-state index is -3.52. The molecule has 0 radical (unpaired) electrons. The Balaban J connectivity index is 1.92. The molecule has 8 heteroatoms. The highest BCUT2D eigenvalue weighted by molar-refractivity contribution is 7.89. The number of hydrogen-bond donors (Lipinski definition) is 2. The molecular weight excluding hydrogens is 280 g/mol. The van der Waals surface area contributed by atoms with Crippen LogP contribution in [0.25, 0.3) is 0 Å². The van der Waals surface area contributed by atoms with Gasteiger partial charge < -0.3 is 5.11 Å². The van der Waals surface area contributed by atoms with E-state index in [-0.39, 0.29) is 17.5 Å². The highest BCUT2D eigenvalue weighted by Gasteiger charge is 2.21. The van der Waals surface area contributed by atoms with Crippen LogP contribution in [-0.4, -0.2) is 60.5 Å². The van der Waals surface area contributed by atoms with E-state index < -0.39 is 10.0 Å². The van der Waals surface area contributed by atoms with Crippen molar-refractivity contribution in [3.05, 3.63) is 12.4 Å². The molecule has 1 aliphatic heterocycles. The van der Waals surface area contributed by atoms with E-state index in [1.54, 1.807) is 0 Å². The fourth-order valence-electron chi connectivity index (χ4n) is 2.33. The first kappa shape index (κ1) is 15.4. The van der Waals surface area contributed by atoms with Crippen molar-refractivity contribution in [2.75, 3.05) is 26.2 Å². The van der Waals surface area contributed by atoms with Gasteiger partial charge >= 0.3 is 0 Å². The molecule has 0 aromatic carbocycles. The third-order valence-electron chi connectivity index (χ3n) is 3.58. The molecule has 0 saturated carbocycles. The number of aromatic nitrogens is 2. The van der Waals surface area contributed by atoms with E-state index in [9.17, 15) is 8.42 Å². The lowest BCUT2D eigenvalue weighted by Crippen LogP contribution is -2.40. The van der Waals surface area contributed by atoms with Crippen molar-refractivity contribution in [1.29, 1.82) is 0 Å². The van der Waals surface area contributed by atoms with E-state index in [1.807, 2.05) is 6.92 Å². The van der Waals surface area contributed by atoms with E-state index in [1.165, 1.54) is 29.9 Å². The summed E-state index contributed by atoms with van der Waals surface area (Å²) in [5.74, 6) is 0. The third kappa shape index (κ3) is 3.78. The lowest BCUT2D eigenvalue weighted by atomic mass is 10.3. The van der Waals surface area contributed by atoms with Crippen molar-refractivity contribution >= 4 is 10.0 Å². The third-order valence-corrected chi connectivity index (χ3v) is 4.96. The monoisotopic (exact) mass is 302 g/mol. The first-order valence-electron chi connectivity index (χ1n) is 6.90. The quantitative estimate of drug-likeness (QED) is 0.718.